The second-order valence-corrected chi connectivity index (χ2v) is 6.88. The molecule has 1 aromatic rings. The van der Waals surface area contributed by atoms with E-state index in [4.69, 9.17) is 0 Å². The van der Waals surface area contributed by atoms with Crippen molar-refractivity contribution in [3.63, 3.8) is 0 Å². The van der Waals surface area contributed by atoms with Crippen LogP contribution in [0.5, 0.6) is 0 Å². The molecule has 22 heavy (non-hydrogen) atoms. The molecule has 1 aromatic heterocycles. The number of rotatable bonds is 15. The monoisotopic (exact) mass is 306 g/mol. The Hall–Kier alpha value is -0.790. The Bertz CT molecular complexity index is 318. The molecule has 1 rings (SSSR count). The smallest absolute Gasteiger partial charge is 0.0945 e. The third kappa shape index (κ3) is 10.0. The van der Waals surface area contributed by atoms with Crippen molar-refractivity contribution in [3.05, 3.63) is 18.7 Å². The number of nitrogens with zero attached hydrogens (tertiary/aromatic N) is 2. The van der Waals surface area contributed by atoms with Crippen LogP contribution in [0.4, 0.5) is 0 Å². The lowest BCUT2D eigenvalue weighted by Gasteiger charge is -2.17. The van der Waals surface area contributed by atoms with Crippen molar-refractivity contribution < 1.29 is 0 Å². The number of unbranched alkanes of at least 4 members (excludes halogenated alkanes) is 9. The Morgan fingerprint density at radius 1 is 0.773 bits per heavy atom. The third-order valence-electron chi connectivity index (χ3n) is 4.71. The molecule has 0 saturated carbocycles. The van der Waals surface area contributed by atoms with Crippen molar-refractivity contribution in [1.29, 1.82) is 0 Å². The maximum Gasteiger partial charge on any atom is 0.0945 e. The fraction of sp³-hybridized carbons (Fsp3) is 0.850. The van der Waals surface area contributed by atoms with Gasteiger partial charge in [-0.05, 0) is 18.8 Å². The Labute approximate surface area is 138 Å². The minimum atomic E-state index is 0.849. The van der Waals surface area contributed by atoms with E-state index in [2.05, 4.69) is 29.6 Å². The minimum absolute atomic E-state index is 0.849. The van der Waals surface area contributed by atoms with Gasteiger partial charge in [0.15, 0.2) is 0 Å². The van der Waals surface area contributed by atoms with Crippen LogP contribution in [0.1, 0.15) is 97.3 Å². The summed E-state index contributed by atoms with van der Waals surface area (Å²) in [6, 6.07) is 0. The first-order valence-corrected chi connectivity index (χ1v) is 9.82. The van der Waals surface area contributed by atoms with E-state index in [0.717, 1.165) is 5.92 Å². The van der Waals surface area contributed by atoms with Crippen LogP contribution in [-0.4, -0.2) is 9.55 Å². The standard InChI is InChI=1S/C20H38N2/c1-3-5-7-9-11-13-15-20(14-12-10-8-6-4-2)18-22-17-16-21-19-22/h16-17,19-20H,3-15,18H2,1-2H3. The van der Waals surface area contributed by atoms with E-state index in [0.29, 0.717) is 0 Å². The molecule has 0 aliphatic rings. The molecule has 0 spiro atoms. The Morgan fingerprint density at radius 3 is 1.82 bits per heavy atom. The first kappa shape index (κ1) is 19.3. The van der Waals surface area contributed by atoms with E-state index >= 15 is 0 Å². The maximum absolute atomic E-state index is 4.19. The number of aromatic nitrogens is 2. The van der Waals surface area contributed by atoms with Gasteiger partial charge in [0.2, 0.25) is 0 Å². The van der Waals surface area contributed by atoms with E-state index in [1.807, 2.05) is 12.5 Å². The highest BCUT2D eigenvalue weighted by Gasteiger charge is 2.09. The zero-order valence-corrected chi connectivity index (χ0v) is 15.1. The SMILES string of the molecule is CCCCCCCCC(CCCCCCC)Cn1ccnc1. The van der Waals surface area contributed by atoms with Gasteiger partial charge < -0.3 is 4.57 Å². The van der Waals surface area contributed by atoms with Gasteiger partial charge in [0, 0.05) is 18.9 Å². The topological polar surface area (TPSA) is 17.8 Å². The van der Waals surface area contributed by atoms with Crippen LogP contribution in [0.3, 0.4) is 0 Å². The molecule has 0 aliphatic heterocycles. The van der Waals surface area contributed by atoms with Crippen LogP contribution in [-0.2, 0) is 6.54 Å². The highest BCUT2D eigenvalue weighted by Crippen LogP contribution is 2.20. The van der Waals surface area contributed by atoms with Crippen molar-refractivity contribution in [2.24, 2.45) is 5.92 Å². The van der Waals surface area contributed by atoms with Gasteiger partial charge in [0.1, 0.15) is 0 Å². The molecule has 0 N–H and O–H groups in total. The van der Waals surface area contributed by atoms with Crippen LogP contribution in [0.25, 0.3) is 0 Å². The van der Waals surface area contributed by atoms with Gasteiger partial charge in [-0.1, -0.05) is 84.5 Å². The van der Waals surface area contributed by atoms with Gasteiger partial charge in [-0.2, -0.15) is 0 Å². The molecule has 2 nitrogen and oxygen atoms in total. The van der Waals surface area contributed by atoms with Crippen LogP contribution in [0.15, 0.2) is 18.7 Å². The molecule has 0 aromatic carbocycles. The van der Waals surface area contributed by atoms with Crippen LogP contribution < -0.4 is 0 Å². The van der Waals surface area contributed by atoms with Crippen molar-refractivity contribution in [2.45, 2.75) is 104 Å². The van der Waals surface area contributed by atoms with Gasteiger partial charge in [0.05, 0.1) is 6.33 Å². The maximum atomic E-state index is 4.19. The lowest BCUT2D eigenvalue weighted by Crippen LogP contribution is -2.10. The lowest BCUT2D eigenvalue weighted by molar-refractivity contribution is 0.357. The molecule has 0 saturated heterocycles. The lowest BCUT2D eigenvalue weighted by atomic mass is 9.94. The zero-order valence-electron chi connectivity index (χ0n) is 15.1. The third-order valence-corrected chi connectivity index (χ3v) is 4.71. The largest absolute Gasteiger partial charge is 0.337 e. The first-order chi connectivity index (χ1) is 10.9. The summed E-state index contributed by atoms with van der Waals surface area (Å²) in [7, 11) is 0. The summed E-state index contributed by atoms with van der Waals surface area (Å²) in [6.45, 7) is 5.75. The van der Waals surface area contributed by atoms with Crippen LogP contribution in [0.2, 0.25) is 0 Å². The number of hydrogen-bond donors (Lipinski definition) is 0. The predicted molar refractivity (Wildman–Crippen MR) is 97.1 cm³/mol. The normalized spacial score (nSPS) is 12.6. The zero-order chi connectivity index (χ0) is 15.9. The molecular weight excluding hydrogens is 268 g/mol. The molecule has 1 heterocycles. The quantitative estimate of drug-likeness (QED) is 0.333. The van der Waals surface area contributed by atoms with Gasteiger partial charge in [-0.3, -0.25) is 0 Å². The summed E-state index contributed by atoms with van der Waals surface area (Å²) < 4.78 is 2.27. The predicted octanol–water partition coefficient (Wildman–Crippen LogP) is 6.61. The summed E-state index contributed by atoms with van der Waals surface area (Å²) in [5.41, 5.74) is 0. The first-order valence-electron chi connectivity index (χ1n) is 9.82. The molecule has 0 amide bonds. The van der Waals surface area contributed by atoms with Gasteiger partial charge >= 0.3 is 0 Å². The summed E-state index contributed by atoms with van der Waals surface area (Å²) in [5, 5.41) is 0. The van der Waals surface area contributed by atoms with Crippen molar-refractivity contribution in [3.8, 4) is 0 Å². The average Bonchev–Trinajstić information content (AvgIpc) is 3.03. The second kappa shape index (κ2) is 13.8. The van der Waals surface area contributed by atoms with Crippen LogP contribution in [0, 0.1) is 5.92 Å². The van der Waals surface area contributed by atoms with E-state index in [1.165, 1.54) is 90.0 Å². The summed E-state index contributed by atoms with van der Waals surface area (Å²) in [4.78, 5) is 4.19. The van der Waals surface area contributed by atoms with Gasteiger partial charge in [-0.15, -0.1) is 0 Å². The molecule has 1 unspecified atom stereocenters. The fourth-order valence-corrected chi connectivity index (χ4v) is 3.27. The average molecular weight is 307 g/mol. The molecule has 128 valence electrons. The molecule has 2 heteroatoms. The van der Waals surface area contributed by atoms with Crippen molar-refractivity contribution in [1.82, 2.24) is 9.55 Å². The molecule has 0 fully saturated rings. The van der Waals surface area contributed by atoms with Crippen molar-refractivity contribution in [2.75, 3.05) is 0 Å². The Balaban J connectivity index is 2.19. The van der Waals surface area contributed by atoms with E-state index < -0.39 is 0 Å². The van der Waals surface area contributed by atoms with Crippen molar-refractivity contribution >= 4 is 0 Å². The molecule has 1 atom stereocenters. The van der Waals surface area contributed by atoms with Gasteiger partial charge in [-0.25, -0.2) is 4.98 Å². The summed E-state index contributed by atoms with van der Waals surface area (Å²) >= 11 is 0. The highest BCUT2D eigenvalue weighted by molar-refractivity contribution is 4.76. The Morgan fingerprint density at radius 2 is 1.32 bits per heavy atom. The number of imidazole rings is 1. The second-order valence-electron chi connectivity index (χ2n) is 6.88. The molecule has 0 radical (unpaired) electrons. The van der Waals surface area contributed by atoms with Gasteiger partial charge in [0.25, 0.3) is 0 Å². The fourth-order valence-electron chi connectivity index (χ4n) is 3.27. The van der Waals surface area contributed by atoms with E-state index in [1.54, 1.807) is 0 Å². The number of hydrogen-bond acceptors (Lipinski definition) is 1. The van der Waals surface area contributed by atoms with E-state index in [-0.39, 0.29) is 0 Å². The summed E-state index contributed by atoms with van der Waals surface area (Å²) in [6.07, 6.45) is 24.3. The molecule has 0 aliphatic carbocycles. The molecule has 0 bridgehead atoms. The summed E-state index contributed by atoms with van der Waals surface area (Å²) in [5.74, 6) is 0.849. The minimum Gasteiger partial charge on any atom is -0.337 e. The molecular formula is C20H38N2. The highest BCUT2D eigenvalue weighted by atomic mass is 15.0. The van der Waals surface area contributed by atoms with Crippen LogP contribution >= 0.6 is 0 Å². The Kier molecular flexibility index (Phi) is 12.1. The van der Waals surface area contributed by atoms with E-state index in [9.17, 15) is 0 Å².